The molecule has 0 aliphatic carbocycles. The molecular formula is C29H25NO6. The van der Waals surface area contributed by atoms with E-state index in [2.05, 4.69) is 0 Å². The van der Waals surface area contributed by atoms with Crippen molar-refractivity contribution in [2.24, 2.45) is 0 Å². The molecule has 1 aliphatic heterocycles. The Balaban J connectivity index is 1.62. The second kappa shape index (κ2) is 9.34. The average Bonchev–Trinajstić information content (AvgIpc) is 3.17. The number of benzene rings is 3. The van der Waals surface area contributed by atoms with Gasteiger partial charge in [0.05, 0.1) is 29.2 Å². The van der Waals surface area contributed by atoms with Gasteiger partial charge in [-0.05, 0) is 67.4 Å². The summed E-state index contributed by atoms with van der Waals surface area (Å²) in [6, 6.07) is 17.4. The highest BCUT2D eigenvalue weighted by atomic mass is 16.5. The summed E-state index contributed by atoms with van der Waals surface area (Å²) in [6.45, 7) is 4.25. The molecular weight excluding hydrogens is 458 g/mol. The number of aryl methyl sites for hydroxylation is 1. The Bertz CT molecular complexity index is 1520. The summed E-state index contributed by atoms with van der Waals surface area (Å²) in [5, 5.41) is 10.2. The Morgan fingerprint density at radius 1 is 1.03 bits per heavy atom. The van der Waals surface area contributed by atoms with E-state index in [1.165, 1.54) is 17.0 Å². The number of hydrogen-bond acceptors (Lipinski definition) is 6. The second-order valence-electron chi connectivity index (χ2n) is 8.88. The number of rotatable bonds is 6. The molecule has 3 aromatic carbocycles. The zero-order valence-electron chi connectivity index (χ0n) is 20.0. The SMILES string of the molecule is CCCCOC(=O)c1ccc(N2C(=O)c3oc4ccc(C)cc4c(=O)c3C2c2ccc(O)cc2)cc1. The number of fused-ring (bicyclic) bond motifs is 2. The summed E-state index contributed by atoms with van der Waals surface area (Å²) in [4.78, 5) is 41.1. The summed E-state index contributed by atoms with van der Waals surface area (Å²) >= 11 is 0. The Hall–Kier alpha value is -4.39. The Labute approximate surface area is 207 Å². The molecule has 1 aromatic heterocycles. The maximum absolute atomic E-state index is 13.7. The van der Waals surface area contributed by atoms with Crippen LogP contribution in [-0.2, 0) is 4.74 Å². The quantitative estimate of drug-likeness (QED) is 0.287. The van der Waals surface area contributed by atoms with E-state index in [9.17, 15) is 19.5 Å². The standard InChI is InChI=1S/C29H25NO6/c1-3-4-15-35-29(34)19-6-10-20(11-7-19)30-25(18-8-12-21(31)13-9-18)24-26(32)22-16-17(2)5-14-23(22)36-27(24)28(30)33/h5-14,16,25,31H,3-4,15H2,1-2H3. The first-order valence-corrected chi connectivity index (χ1v) is 11.9. The Morgan fingerprint density at radius 3 is 2.44 bits per heavy atom. The van der Waals surface area contributed by atoms with Gasteiger partial charge >= 0.3 is 5.97 Å². The molecule has 0 radical (unpaired) electrons. The van der Waals surface area contributed by atoms with Gasteiger partial charge in [0, 0.05) is 5.69 Å². The number of aromatic hydroxyl groups is 1. The fourth-order valence-corrected chi connectivity index (χ4v) is 4.48. The molecule has 36 heavy (non-hydrogen) atoms. The first-order chi connectivity index (χ1) is 17.4. The molecule has 182 valence electrons. The molecule has 7 nitrogen and oxygen atoms in total. The topological polar surface area (TPSA) is 97.0 Å². The number of amides is 1. The van der Waals surface area contributed by atoms with Crippen LogP contribution >= 0.6 is 0 Å². The van der Waals surface area contributed by atoms with Gasteiger partial charge in [-0.1, -0.05) is 37.1 Å². The lowest BCUT2D eigenvalue weighted by atomic mass is 9.97. The van der Waals surface area contributed by atoms with Crippen molar-refractivity contribution in [3.05, 3.63) is 105 Å². The van der Waals surface area contributed by atoms with E-state index in [0.29, 0.717) is 34.4 Å². The van der Waals surface area contributed by atoms with Gasteiger partial charge < -0.3 is 14.3 Å². The van der Waals surface area contributed by atoms with Crippen molar-refractivity contribution in [1.82, 2.24) is 0 Å². The molecule has 1 unspecified atom stereocenters. The number of hydrogen-bond donors (Lipinski definition) is 1. The summed E-state index contributed by atoms with van der Waals surface area (Å²) in [5.41, 5.74) is 2.71. The highest BCUT2D eigenvalue weighted by Gasteiger charge is 2.43. The van der Waals surface area contributed by atoms with Crippen molar-refractivity contribution in [3.63, 3.8) is 0 Å². The zero-order chi connectivity index (χ0) is 25.4. The lowest BCUT2D eigenvalue weighted by molar-refractivity contribution is 0.0499. The van der Waals surface area contributed by atoms with Gasteiger partial charge in [-0.25, -0.2) is 4.79 Å². The van der Waals surface area contributed by atoms with Crippen LogP contribution in [0.4, 0.5) is 5.69 Å². The molecule has 0 spiro atoms. The number of phenolic OH excluding ortho intramolecular Hbond substituents is 1. The smallest absolute Gasteiger partial charge is 0.338 e. The Morgan fingerprint density at radius 2 is 1.75 bits per heavy atom. The third-order valence-corrected chi connectivity index (χ3v) is 6.35. The largest absolute Gasteiger partial charge is 0.508 e. The zero-order valence-corrected chi connectivity index (χ0v) is 20.0. The van der Waals surface area contributed by atoms with Gasteiger partial charge in [0.15, 0.2) is 5.43 Å². The molecule has 1 atom stereocenters. The van der Waals surface area contributed by atoms with Crippen molar-refractivity contribution in [2.45, 2.75) is 32.7 Å². The van der Waals surface area contributed by atoms with Crippen molar-refractivity contribution >= 4 is 28.5 Å². The van der Waals surface area contributed by atoms with Crippen LogP contribution in [0.2, 0.25) is 0 Å². The number of esters is 1. The van der Waals surface area contributed by atoms with E-state index < -0.39 is 17.9 Å². The van der Waals surface area contributed by atoms with Gasteiger partial charge in [-0.2, -0.15) is 0 Å². The van der Waals surface area contributed by atoms with Crippen LogP contribution in [0.25, 0.3) is 11.0 Å². The molecule has 1 N–H and O–H groups in total. The lowest BCUT2D eigenvalue weighted by Crippen LogP contribution is -2.29. The second-order valence-corrected chi connectivity index (χ2v) is 8.88. The number of phenols is 1. The van der Waals surface area contributed by atoms with E-state index >= 15 is 0 Å². The van der Waals surface area contributed by atoms with Gasteiger partial charge in [0.1, 0.15) is 11.3 Å². The molecule has 0 bridgehead atoms. The molecule has 0 fully saturated rings. The third-order valence-electron chi connectivity index (χ3n) is 6.35. The number of anilines is 1. The molecule has 0 saturated heterocycles. The van der Waals surface area contributed by atoms with Gasteiger partial charge in [0.25, 0.3) is 5.91 Å². The van der Waals surface area contributed by atoms with Crippen LogP contribution in [0.1, 0.15) is 63.4 Å². The van der Waals surface area contributed by atoms with E-state index in [4.69, 9.17) is 9.15 Å². The molecule has 1 amide bonds. The molecule has 7 heteroatoms. The monoisotopic (exact) mass is 483 g/mol. The van der Waals surface area contributed by atoms with Gasteiger partial charge in [0.2, 0.25) is 5.76 Å². The van der Waals surface area contributed by atoms with Crippen molar-refractivity contribution in [3.8, 4) is 5.75 Å². The summed E-state index contributed by atoms with van der Waals surface area (Å²) in [6.07, 6.45) is 1.71. The lowest BCUT2D eigenvalue weighted by Gasteiger charge is -2.25. The molecule has 2 heterocycles. The van der Waals surface area contributed by atoms with E-state index in [-0.39, 0.29) is 22.5 Å². The number of carbonyl (C=O) groups is 2. The minimum atomic E-state index is -0.767. The number of ether oxygens (including phenoxy) is 1. The van der Waals surface area contributed by atoms with Gasteiger partial charge in [-0.15, -0.1) is 0 Å². The maximum atomic E-state index is 13.7. The van der Waals surface area contributed by atoms with Crippen LogP contribution in [0.15, 0.2) is 75.9 Å². The van der Waals surface area contributed by atoms with Crippen molar-refractivity contribution in [1.29, 1.82) is 0 Å². The maximum Gasteiger partial charge on any atom is 0.338 e. The van der Waals surface area contributed by atoms with E-state index in [1.54, 1.807) is 48.5 Å². The first kappa shape index (κ1) is 23.4. The van der Waals surface area contributed by atoms with Crippen LogP contribution < -0.4 is 10.3 Å². The number of unbranched alkanes of at least 4 members (excludes halogenated alkanes) is 1. The van der Waals surface area contributed by atoms with Crippen LogP contribution in [-0.4, -0.2) is 23.6 Å². The number of carbonyl (C=O) groups excluding carboxylic acids is 2. The minimum absolute atomic E-state index is 0.0162. The summed E-state index contributed by atoms with van der Waals surface area (Å²) in [7, 11) is 0. The van der Waals surface area contributed by atoms with Crippen LogP contribution in [0, 0.1) is 6.92 Å². The van der Waals surface area contributed by atoms with Crippen molar-refractivity contribution < 1.29 is 23.8 Å². The predicted molar refractivity (Wildman–Crippen MR) is 136 cm³/mol. The molecule has 0 saturated carbocycles. The average molecular weight is 484 g/mol. The predicted octanol–water partition coefficient (Wildman–Crippen LogP) is 5.51. The fraction of sp³-hybridized carbons (Fsp3) is 0.207. The van der Waals surface area contributed by atoms with Crippen molar-refractivity contribution in [2.75, 3.05) is 11.5 Å². The van der Waals surface area contributed by atoms with E-state index in [0.717, 1.165) is 18.4 Å². The van der Waals surface area contributed by atoms with Crippen LogP contribution in [0.3, 0.4) is 0 Å². The number of nitrogens with zero attached hydrogens (tertiary/aromatic N) is 1. The highest BCUT2D eigenvalue weighted by molar-refractivity contribution is 6.10. The normalized spacial score (nSPS) is 14.8. The van der Waals surface area contributed by atoms with Crippen LogP contribution in [0.5, 0.6) is 5.75 Å². The minimum Gasteiger partial charge on any atom is -0.508 e. The third kappa shape index (κ3) is 4.02. The van der Waals surface area contributed by atoms with E-state index in [1.807, 2.05) is 19.9 Å². The highest BCUT2D eigenvalue weighted by Crippen LogP contribution is 2.41. The first-order valence-electron chi connectivity index (χ1n) is 11.9. The summed E-state index contributed by atoms with van der Waals surface area (Å²) < 4.78 is 11.3. The fourth-order valence-electron chi connectivity index (χ4n) is 4.48. The molecule has 1 aliphatic rings. The van der Waals surface area contributed by atoms with Gasteiger partial charge in [-0.3, -0.25) is 14.5 Å². The summed E-state index contributed by atoms with van der Waals surface area (Å²) in [5.74, 6) is -0.833. The molecule has 5 rings (SSSR count). The Kier molecular flexibility index (Phi) is 6.06. The molecule has 4 aromatic rings.